The summed E-state index contributed by atoms with van der Waals surface area (Å²) in [7, 11) is 0. The fourth-order valence-electron chi connectivity index (χ4n) is 2.50. The van der Waals surface area contributed by atoms with E-state index in [1.807, 2.05) is 81.4 Å². The maximum atomic E-state index is 11.9. The van der Waals surface area contributed by atoms with Crippen LogP contribution in [0.5, 0.6) is 0 Å². The van der Waals surface area contributed by atoms with Gasteiger partial charge in [0.25, 0.3) is 0 Å². The van der Waals surface area contributed by atoms with Crippen molar-refractivity contribution in [3.8, 4) is 11.3 Å². The molecule has 1 aromatic heterocycles. The third-order valence-electron chi connectivity index (χ3n) is 3.83. The van der Waals surface area contributed by atoms with Gasteiger partial charge in [0.2, 0.25) is 5.91 Å². The molecule has 5 nitrogen and oxygen atoms in total. The molecule has 0 unspecified atom stereocenters. The van der Waals surface area contributed by atoms with Gasteiger partial charge in [-0.15, -0.1) is 0 Å². The van der Waals surface area contributed by atoms with Crippen LogP contribution < -0.4 is 10.6 Å². The molecule has 0 atom stereocenters. The Morgan fingerprint density at radius 2 is 1.65 bits per heavy atom. The lowest BCUT2D eigenvalue weighted by molar-refractivity contribution is -0.118. The van der Waals surface area contributed by atoms with Gasteiger partial charge in [-0.3, -0.25) is 4.79 Å². The number of amides is 1. The van der Waals surface area contributed by atoms with Crippen LogP contribution in [0.25, 0.3) is 11.3 Å². The van der Waals surface area contributed by atoms with Gasteiger partial charge in [-0.1, -0.05) is 50.2 Å². The third kappa shape index (κ3) is 4.45. The Morgan fingerprint density at radius 3 is 2.38 bits per heavy atom. The number of aromatic nitrogens is 2. The van der Waals surface area contributed by atoms with Crippen LogP contribution in [0.15, 0.2) is 60.7 Å². The lowest BCUT2D eigenvalue weighted by Gasteiger charge is -2.11. The zero-order valence-corrected chi connectivity index (χ0v) is 15.2. The number of anilines is 3. The lowest BCUT2D eigenvalue weighted by Crippen LogP contribution is -2.17. The number of hydrogen-bond donors (Lipinski definition) is 2. The molecule has 0 saturated carbocycles. The number of benzene rings is 2. The second kappa shape index (κ2) is 7.78. The van der Waals surface area contributed by atoms with Crippen molar-refractivity contribution >= 4 is 23.1 Å². The predicted octanol–water partition coefficient (Wildman–Crippen LogP) is 4.79. The van der Waals surface area contributed by atoms with Crippen LogP contribution in [0.4, 0.5) is 17.2 Å². The first kappa shape index (κ1) is 17.6. The van der Waals surface area contributed by atoms with Gasteiger partial charge in [-0.05, 0) is 25.1 Å². The topological polar surface area (TPSA) is 66.9 Å². The van der Waals surface area contributed by atoms with Crippen LogP contribution in [0.3, 0.4) is 0 Å². The molecule has 3 rings (SSSR count). The molecule has 2 aromatic carbocycles. The molecule has 0 spiro atoms. The molecule has 5 heteroatoms. The first-order chi connectivity index (χ1) is 12.5. The standard InChI is InChI=1S/C21H22N4O/c1-14(2)21(26)25-18-11-7-10-17(12-18)24-20-13-19(22-15(3)23-20)16-8-5-4-6-9-16/h4-14H,1-3H3,(H,25,26)(H,22,23,24). The first-order valence-corrected chi connectivity index (χ1v) is 8.60. The molecule has 0 aliphatic carbocycles. The average Bonchev–Trinajstić information content (AvgIpc) is 2.62. The molecule has 26 heavy (non-hydrogen) atoms. The highest BCUT2D eigenvalue weighted by Gasteiger charge is 2.08. The maximum absolute atomic E-state index is 11.9. The normalized spacial score (nSPS) is 10.6. The minimum Gasteiger partial charge on any atom is -0.340 e. The van der Waals surface area contributed by atoms with E-state index in [0.717, 1.165) is 22.6 Å². The Morgan fingerprint density at radius 1 is 0.923 bits per heavy atom. The molecule has 0 fully saturated rings. The van der Waals surface area contributed by atoms with E-state index in [1.165, 1.54) is 0 Å². The van der Waals surface area contributed by atoms with Crippen molar-refractivity contribution in [2.75, 3.05) is 10.6 Å². The molecule has 1 amide bonds. The number of nitrogens with one attached hydrogen (secondary N) is 2. The zero-order chi connectivity index (χ0) is 18.5. The third-order valence-corrected chi connectivity index (χ3v) is 3.83. The second-order valence-corrected chi connectivity index (χ2v) is 6.40. The van der Waals surface area contributed by atoms with Gasteiger partial charge in [0.15, 0.2) is 0 Å². The highest BCUT2D eigenvalue weighted by atomic mass is 16.1. The van der Waals surface area contributed by atoms with Gasteiger partial charge in [-0.25, -0.2) is 9.97 Å². The number of aryl methyl sites for hydroxylation is 1. The van der Waals surface area contributed by atoms with Crippen molar-refractivity contribution < 1.29 is 4.79 Å². The van der Waals surface area contributed by atoms with Gasteiger partial charge < -0.3 is 10.6 Å². The van der Waals surface area contributed by atoms with Crippen LogP contribution in [-0.4, -0.2) is 15.9 Å². The Kier molecular flexibility index (Phi) is 5.27. The van der Waals surface area contributed by atoms with Crippen LogP contribution in [0.2, 0.25) is 0 Å². The minimum atomic E-state index is -0.0652. The Balaban J connectivity index is 1.83. The van der Waals surface area contributed by atoms with E-state index in [2.05, 4.69) is 20.6 Å². The van der Waals surface area contributed by atoms with Crippen molar-refractivity contribution in [1.29, 1.82) is 0 Å². The summed E-state index contributed by atoms with van der Waals surface area (Å²) in [4.78, 5) is 20.9. The quantitative estimate of drug-likeness (QED) is 0.697. The lowest BCUT2D eigenvalue weighted by atomic mass is 10.1. The molecule has 0 saturated heterocycles. The summed E-state index contributed by atoms with van der Waals surface area (Å²) in [5, 5.41) is 6.20. The summed E-state index contributed by atoms with van der Waals surface area (Å²) in [6.07, 6.45) is 0. The van der Waals surface area contributed by atoms with Crippen LogP contribution in [0.1, 0.15) is 19.7 Å². The molecule has 0 bridgehead atoms. The van der Waals surface area contributed by atoms with Gasteiger partial charge >= 0.3 is 0 Å². The van der Waals surface area contributed by atoms with Gasteiger partial charge in [0.1, 0.15) is 11.6 Å². The molecule has 132 valence electrons. The molecule has 1 heterocycles. The van der Waals surface area contributed by atoms with E-state index >= 15 is 0 Å². The van der Waals surface area contributed by atoms with Gasteiger partial charge in [-0.2, -0.15) is 0 Å². The van der Waals surface area contributed by atoms with Gasteiger partial charge in [0, 0.05) is 28.9 Å². The smallest absolute Gasteiger partial charge is 0.226 e. The van der Waals surface area contributed by atoms with E-state index in [-0.39, 0.29) is 11.8 Å². The minimum absolute atomic E-state index is 0.00797. The summed E-state index contributed by atoms with van der Waals surface area (Å²) in [6.45, 7) is 5.61. The summed E-state index contributed by atoms with van der Waals surface area (Å²) in [5.41, 5.74) is 3.51. The number of nitrogens with zero attached hydrogens (tertiary/aromatic N) is 2. The number of carbonyl (C=O) groups excluding carboxylic acids is 1. The Hall–Kier alpha value is -3.21. The summed E-state index contributed by atoms with van der Waals surface area (Å²) < 4.78 is 0. The number of hydrogen-bond acceptors (Lipinski definition) is 4. The van der Waals surface area contributed by atoms with Crippen LogP contribution in [0, 0.1) is 12.8 Å². The first-order valence-electron chi connectivity index (χ1n) is 8.60. The molecular weight excluding hydrogens is 324 g/mol. The van der Waals surface area contributed by atoms with Crippen molar-refractivity contribution in [2.45, 2.75) is 20.8 Å². The molecular formula is C21H22N4O. The van der Waals surface area contributed by atoms with Crippen LogP contribution in [-0.2, 0) is 4.79 Å². The fraction of sp³-hybridized carbons (Fsp3) is 0.190. The monoisotopic (exact) mass is 346 g/mol. The van der Waals surface area contributed by atoms with Crippen molar-refractivity contribution in [3.63, 3.8) is 0 Å². The second-order valence-electron chi connectivity index (χ2n) is 6.40. The Bertz CT molecular complexity index is 907. The largest absolute Gasteiger partial charge is 0.340 e. The zero-order valence-electron chi connectivity index (χ0n) is 15.2. The predicted molar refractivity (Wildman–Crippen MR) is 105 cm³/mol. The fourth-order valence-corrected chi connectivity index (χ4v) is 2.50. The van der Waals surface area contributed by atoms with E-state index in [1.54, 1.807) is 0 Å². The van der Waals surface area contributed by atoms with E-state index in [4.69, 9.17) is 0 Å². The summed E-state index contributed by atoms with van der Waals surface area (Å²) in [5.74, 6) is 1.33. The Labute approximate surface area is 153 Å². The highest BCUT2D eigenvalue weighted by molar-refractivity contribution is 5.92. The SMILES string of the molecule is Cc1nc(Nc2cccc(NC(=O)C(C)C)c2)cc(-c2ccccc2)n1. The van der Waals surface area contributed by atoms with Gasteiger partial charge in [0.05, 0.1) is 5.69 Å². The molecule has 0 aliphatic rings. The summed E-state index contributed by atoms with van der Waals surface area (Å²) in [6, 6.07) is 19.5. The van der Waals surface area contributed by atoms with Crippen molar-refractivity contribution in [2.24, 2.45) is 5.92 Å². The van der Waals surface area contributed by atoms with E-state index in [9.17, 15) is 4.79 Å². The number of carbonyl (C=O) groups is 1. The molecule has 2 N–H and O–H groups in total. The van der Waals surface area contributed by atoms with E-state index in [0.29, 0.717) is 11.6 Å². The summed E-state index contributed by atoms with van der Waals surface area (Å²) >= 11 is 0. The number of rotatable bonds is 5. The molecule has 3 aromatic rings. The molecule has 0 radical (unpaired) electrons. The molecule has 0 aliphatic heterocycles. The van der Waals surface area contributed by atoms with Crippen molar-refractivity contribution in [1.82, 2.24) is 9.97 Å². The average molecular weight is 346 g/mol. The maximum Gasteiger partial charge on any atom is 0.226 e. The van der Waals surface area contributed by atoms with Crippen LogP contribution >= 0.6 is 0 Å². The van der Waals surface area contributed by atoms with Crippen molar-refractivity contribution in [3.05, 3.63) is 66.5 Å². The van der Waals surface area contributed by atoms with E-state index < -0.39 is 0 Å². The highest BCUT2D eigenvalue weighted by Crippen LogP contribution is 2.23.